The Morgan fingerprint density at radius 1 is 1.24 bits per heavy atom. The van der Waals surface area contributed by atoms with Gasteiger partial charge < -0.3 is 5.32 Å². The molecule has 0 saturated carbocycles. The molecule has 0 aliphatic rings. The van der Waals surface area contributed by atoms with Crippen molar-refractivity contribution >= 4 is 27.3 Å². The second kappa shape index (κ2) is 8.08. The maximum atomic E-state index is 3.57. The van der Waals surface area contributed by atoms with Gasteiger partial charge in [-0.2, -0.15) is 0 Å². The zero-order valence-corrected chi connectivity index (χ0v) is 15.2. The van der Waals surface area contributed by atoms with E-state index in [0.29, 0.717) is 12.1 Å². The number of likely N-dealkylation sites (N-methyl/N-ethyl adjacent to an activating group) is 1. The Labute approximate surface area is 140 Å². The third kappa shape index (κ3) is 5.22. The minimum Gasteiger partial charge on any atom is -0.313 e. The number of hydrogen-bond acceptors (Lipinski definition) is 3. The molecule has 1 N–H and O–H groups in total. The standard InChI is InChI=1S/C17H23BrN2S/c1-13(2)19-10-17(14-7-5-4-6-8-14)20(3)11-16-9-15(18)12-21-16/h4-9,12-13,17,19H,10-11H2,1-3H3. The molecule has 0 bridgehead atoms. The Morgan fingerprint density at radius 2 is 1.95 bits per heavy atom. The molecule has 2 aromatic rings. The average molecular weight is 367 g/mol. The lowest BCUT2D eigenvalue weighted by atomic mass is 10.1. The third-order valence-corrected chi connectivity index (χ3v) is 5.15. The van der Waals surface area contributed by atoms with Crippen LogP contribution in [0.15, 0.2) is 46.3 Å². The molecule has 0 spiro atoms. The lowest BCUT2D eigenvalue weighted by Gasteiger charge is -2.29. The largest absolute Gasteiger partial charge is 0.313 e. The first-order chi connectivity index (χ1) is 10.1. The Bertz CT molecular complexity index is 539. The van der Waals surface area contributed by atoms with Gasteiger partial charge in [0.2, 0.25) is 0 Å². The number of thiophene rings is 1. The van der Waals surface area contributed by atoms with Gasteiger partial charge in [-0.3, -0.25) is 4.90 Å². The van der Waals surface area contributed by atoms with Gasteiger partial charge in [0.05, 0.1) is 0 Å². The van der Waals surface area contributed by atoms with Gasteiger partial charge in [0.25, 0.3) is 0 Å². The molecule has 2 rings (SSSR count). The van der Waals surface area contributed by atoms with E-state index < -0.39 is 0 Å². The van der Waals surface area contributed by atoms with Gasteiger partial charge in [-0.05, 0) is 34.6 Å². The molecule has 114 valence electrons. The van der Waals surface area contributed by atoms with E-state index in [2.05, 4.69) is 88.8 Å². The van der Waals surface area contributed by atoms with Crippen molar-refractivity contribution in [3.63, 3.8) is 0 Å². The van der Waals surface area contributed by atoms with Crippen LogP contribution in [0, 0.1) is 0 Å². The molecule has 4 heteroatoms. The molecule has 1 aromatic carbocycles. The zero-order chi connectivity index (χ0) is 15.2. The van der Waals surface area contributed by atoms with E-state index >= 15 is 0 Å². The first-order valence-corrected chi connectivity index (χ1v) is 8.95. The van der Waals surface area contributed by atoms with Crippen molar-refractivity contribution in [1.29, 1.82) is 0 Å². The van der Waals surface area contributed by atoms with Crippen LogP contribution in [0.25, 0.3) is 0 Å². The van der Waals surface area contributed by atoms with Crippen LogP contribution in [0.2, 0.25) is 0 Å². The molecule has 0 fully saturated rings. The zero-order valence-electron chi connectivity index (χ0n) is 12.8. The molecule has 0 radical (unpaired) electrons. The third-order valence-electron chi connectivity index (χ3n) is 3.46. The van der Waals surface area contributed by atoms with Crippen LogP contribution in [0.1, 0.15) is 30.3 Å². The van der Waals surface area contributed by atoms with Crippen molar-refractivity contribution in [3.05, 3.63) is 56.7 Å². The Morgan fingerprint density at radius 3 is 2.52 bits per heavy atom. The van der Waals surface area contributed by atoms with E-state index in [-0.39, 0.29) is 0 Å². The van der Waals surface area contributed by atoms with Crippen LogP contribution in [0.3, 0.4) is 0 Å². The maximum Gasteiger partial charge on any atom is 0.0473 e. The summed E-state index contributed by atoms with van der Waals surface area (Å²) in [6, 6.07) is 13.8. The van der Waals surface area contributed by atoms with Crippen LogP contribution in [-0.4, -0.2) is 24.5 Å². The first kappa shape index (κ1) is 16.7. The monoisotopic (exact) mass is 366 g/mol. The molecular weight excluding hydrogens is 344 g/mol. The minimum atomic E-state index is 0.384. The molecule has 2 nitrogen and oxygen atoms in total. The number of rotatable bonds is 7. The highest BCUT2D eigenvalue weighted by Gasteiger charge is 2.17. The van der Waals surface area contributed by atoms with Crippen LogP contribution in [0.5, 0.6) is 0 Å². The van der Waals surface area contributed by atoms with Crippen molar-refractivity contribution in [2.45, 2.75) is 32.5 Å². The van der Waals surface area contributed by atoms with E-state index in [9.17, 15) is 0 Å². The normalized spacial score (nSPS) is 13.0. The van der Waals surface area contributed by atoms with Gasteiger partial charge in [0.15, 0.2) is 0 Å². The topological polar surface area (TPSA) is 15.3 Å². The smallest absolute Gasteiger partial charge is 0.0473 e. The summed E-state index contributed by atoms with van der Waals surface area (Å²) in [4.78, 5) is 3.80. The van der Waals surface area contributed by atoms with E-state index in [1.54, 1.807) is 11.3 Å². The van der Waals surface area contributed by atoms with E-state index in [1.807, 2.05) is 0 Å². The quantitative estimate of drug-likeness (QED) is 0.764. The van der Waals surface area contributed by atoms with Crippen molar-refractivity contribution in [2.75, 3.05) is 13.6 Å². The molecule has 1 unspecified atom stereocenters. The van der Waals surface area contributed by atoms with E-state index in [4.69, 9.17) is 0 Å². The van der Waals surface area contributed by atoms with Gasteiger partial charge in [-0.25, -0.2) is 0 Å². The summed E-state index contributed by atoms with van der Waals surface area (Å²) in [6.07, 6.45) is 0. The fraction of sp³-hybridized carbons (Fsp3) is 0.412. The number of nitrogens with zero attached hydrogens (tertiary/aromatic N) is 1. The number of nitrogens with one attached hydrogen (secondary N) is 1. The highest BCUT2D eigenvalue weighted by Crippen LogP contribution is 2.25. The fourth-order valence-electron chi connectivity index (χ4n) is 2.34. The summed E-state index contributed by atoms with van der Waals surface area (Å²) in [7, 11) is 2.20. The predicted molar refractivity (Wildman–Crippen MR) is 95.8 cm³/mol. The fourth-order valence-corrected chi connectivity index (χ4v) is 3.86. The Balaban J connectivity index is 2.10. The van der Waals surface area contributed by atoms with Gasteiger partial charge in [0.1, 0.15) is 0 Å². The average Bonchev–Trinajstić information content (AvgIpc) is 2.85. The molecular formula is C17H23BrN2S. The van der Waals surface area contributed by atoms with Crippen molar-refractivity contribution in [3.8, 4) is 0 Å². The highest BCUT2D eigenvalue weighted by atomic mass is 79.9. The summed E-state index contributed by atoms with van der Waals surface area (Å²) in [5, 5.41) is 5.71. The van der Waals surface area contributed by atoms with Crippen LogP contribution in [0.4, 0.5) is 0 Å². The summed E-state index contributed by atoms with van der Waals surface area (Å²) in [5.74, 6) is 0. The van der Waals surface area contributed by atoms with Crippen molar-refractivity contribution in [2.24, 2.45) is 0 Å². The summed E-state index contributed by atoms with van der Waals surface area (Å²) < 4.78 is 1.17. The molecule has 1 atom stereocenters. The predicted octanol–water partition coefficient (Wildman–Crippen LogP) is 4.68. The first-order valence-electron chi connectivity index (χ1n) is 7.27. The molecule has 21 heavy (non-hydrogen) atoms. The van der Waals surface area contributed by atoms with Gasteiger partial charge in [-0.1, -0.05) is 44.2 Å². The molecule has 0 amide bonds. The van der Waals surface area contributed by atoms with E-state index in [1.165, 1.54) is 14.9 Å². The summed E-state index contributed by atoms with van der Waals surface area (Å²) >= 11 is 5.34. The van der Waals surface area contributed by atoms with Crippen molar-refractivity contribution in [1.82, 2.24) is 10.2 Å². The Kier molecular flexibility index (Phi) is 6.42. The van der Waals surface area contributed by atoms with Gasteiger partial charge in [0, 0.05) is 39.9 Å². The molecule has 0 aliphatic heterocycles. The van der Waals surface area contributed by atoms with E-state index in [0.717, 1.165) is 13.1 Å². The Hall–Kier alpha value is -0.680. The lowest BCUT2D eigenvalue weighted by Crippen LogP contribution is -2.35. The highest BCUT2D eigenvalue weighted by molar-refractivity contribution is 9.10. The van der Waals surface area contributed by atoms with Gasteiger partial charge in [-0.15, -0.1) is 11.3 Å². The lowest BCUT2D eigenvalue weighted by molar-refractivity contribution is 0.228. The van der Waals surface area contributed by atoms with Crippen LogP contribution in [-0.2, 0) is 6.54 Å². The van der Waals surface area contributed by atoms with Crippen molar-refractivity contribution < 1.29 is 0 Å². The molecule has 0 aliphatic carbocycles. The second-order valence-electron chi connectivity index (χ2n) is 5.64. The number of halogens is 1. The summed E-state index contributed by atoms with van der Waals surface area (Å²) in [6.45, 7) is 6.32. The maximum absolute atomic E-state index is 3.57. The molecule has 0 saturated heterocycles. The molecule has 1 heterocycles. The minimum absolute atomic E-state index is 0.384. The van der Waals surface area contributed by atoms with Gasteiger partial charge >= 0.3 is 0 Å². The van der Waals surface area contributed by atoms with Crippen LogP contribution < -0.4 is 5.32 Å². The molecule has 1 aromatic heterocycles. The SMILES string of the molecule is CC(C)NCC(c1ccccc1)N(C)Cc1cc(Br)cs1. The number of hydrogen-bond donors (Lipinski definition) is 1. The second-order valence-corrected chi connectivity index (χ2v) is 7.55. The van der Waals surface area contributed by atoms with Crippen LogP contribution >= 0.6 is 27.3 Å². The summed E-state index contributed by atoms with van der Waals surface area (Å²) in [5.41, 5.74) is 1.36. The number of benzene rings is 1.